The molecule has 0 aliphatic carbocycles. The zero-order chi connectivity index (χ0) is 9.98. The molecule has 12 heavy (non-hydrogen) atoms. The van der Waals surface area contributed by atoms with Gasteiger partial charge in [-0.2, -0.15) is 0 Å². The summed E-state index contributed by atoms with van der Waals surface area (Å²) in [4.78, 5) is 0. The minimum atomic E-state index is 0.750. The molecule has 1 heteroatoms. The molecule has 0 aromatic heterocycles. The van der Waals surface area contributed by atoms with E-state index in [2.05, 4.69) is 20.8 Å². The van der Waals surface area contributed by atoms with Crippen LogP contribution in [0.25, 0.3) is 0 Å². The molecular weight excluding hydrogens is 148 g/mol. The van der Waals surface area contributed by atoms with E-state index < -0.39 is 0 Å². The van der Waals surface area contributed by atoms with E-state index in [1.165, 1.54) is 6.42 Å². The van der Waals surface area contributed by atoms with Crippen molar-refractivity contribution in [2.75, 3.05) is 13.2 Å². The van der Waals surface area contributed by atoms with Crippen LogP contribution in [-0.2, 0) is 4.74 Å². The molecule has 0 radical (unpaired) electrons. The van der Waals surface area contributed by atoms with Gasteiger partial charge in [0.15, 0.2) is 0 Å². The Labute approximate surface area is 78.5 Å². The lowest BCUT2D eigenvalue weighted by molar-refractivity contribution is 0.0908. The lowest BCUT2D eigenvalue weighted by Gasteiger charge is -2.17. The van der Waals surface area contributed by atoms with E-state index in [9.17, 15) is 0 Å². The van der Waals surface area contributed by atoms with E-state index in [4.69, 9.17) is 4.74 Å². The highest BCUT2D eigenvalue weighted by Crippen LogP contribution is 2.14. The van der Waals surface area contributed by atoms with Crippen molar-refractivity contribution < 1.29 is 4.74 Å². The third-order valence-electron chi connectivity index (χ3n) is 2.00. The summed E-state index contributed by atoms with van der Waals surface area (Å²) in [6.07, 6.45) is 1.23. The van der Waals surface area contributed by atoms with Gasteiger partial charge in [-0.15, -0.1) is 0 Å². The summed E-state index contributed by atoms with van der Waals surface area (Å²) in [5.41, 5.74) is 0. The van der Waals surface area contributed by atoms with E-state index in [0.717, 1.165) is 25.0 Å². The number of ether oxygens (including phenoxy) is 1. The second-order valence-electron chi connectivity index (χ2n) is 3.07. The third-order valence-corrected chi connectivity index (χ3v) is 2.00. The molecular formula is C11H26O. The van der Waals surface area contributed by atoms with Crippen LogP contribution >= 0.6 is 0 Å². The largest absolute Gasteiger partial charge is 0.381 e. The van der Waals surface area contributed by atoms with Crippen molar-refractivity contribution in [3.8, 4) is 0 Å². The van der Waals surface area contributed by atoms with E-state index in [0.29, 0.717) is 0 Å². The first-order valence-corrected chi connectivity index (χ1v) is 5.30. The predicted molar refractivity (Wildman–Crippen MR) is 56.5 cm³/mol. The molecule has 0 aliphatic heterocycles. The quantitative estimate of drug-likeness (QED) is 0.617. The predicted octanol–water partition coefficient (Wildman–Crippen LogP) is 3.73. The fourth-order valence-corrected chi connectivity index (χ4v) is 1.05. The summed E-state index contributed by atoms with van der Waals surface area (Å²) in [6.45, 7) is 14.6. The van der Waals surface area contributed by atoms with Gasteiger partial charge >= 0.3 is 0 Å². The topological polar surface area (TPSA) is 9.23 Å². The van der Waals surface area contributed by atoms with Crippen LogP contribution in [0.15, 0.2) is 0 Å². The van der Waals surface area contributed by atoms with Crippen LogP contribution in [0.5, 0.6) is 0 Å². The van der Waals surface area contributed by atoms with Crippen LogP contribution in [0.2, 0.25) is 0 Å². The summed E-state index contributed by atoms with van der Waals surface area (Å²) < 4.78 is 5.35. The van der Waals surface area contributed by atoms with Crippen molar-refractivity contribution in [1.82, 2.24) is 0 Å². The van der Waals surface area contributed by atoms with Crippen LogP contribution in [0.1, 0.15) is 48.0 Å². The van der Waals surface area contributed by atoms with Crippen molar-refractivity contribution >= 4 is 0 Å². The van der Waals surface area contributed by atoms with Crippen LogP contribution in [0.3, 0.4) is 0 Å². The molecule has 1 unspecified atom stereocenters. The van der Waals surface area contributed by atoms with Gasteiger partial charge < -0.3 is 4.74 Å². The zero-order valence-corrected chi connectivity index (χ0v) is 9.68. The molecule has 0 N–H and O–H groups in total. The molecule has 76 valence electrons. The van der Waals surface area contributed by atoms with Crippen molar-refractivity contribution in [3.05, 3.63) is 0 Å². The smallest absolute Gasteiger partial charge is 0.0496 e. The van der Waals surface area contributed by atoms with Crippen LogP contribution in [0.4, 0.5) is 0 Å². The standard InChI is InChI=1S/C9H20O.C2H6/c1-5-9(8(3)4)7-10-6-2;1-2/h8-9H,5-7H2,1-4H3;1-2H3. The van der Waals surface area contributed by atoms with Gasteiger partial charge in [-0.25, -0.2) is 0 Å². The summed E-state index contributed by atoms with van der Waals surface area (Å²) in [6, 6.07) is 0. The molecule has 0 rings (SSSR count). The van der Waals surface area contributed by atoms with E-state index in [1.807, 2.05) is 20.8 Å². The Bertz CT molecular complexity index is 69.4. The third kappa shape index (κ3) is 8.06. The summed E-state index contributed by atoms with van der Waals surface area (Å²) in [5, 5.41) is 0. The Kier molecular flexibility index (Phi) is 13.2. The molecule has 1 nitrogen and oxygen atoms in total. The van der Waals surface area contributed by atoms with Gasteiger partial charge in [0.25, 0.3) is 0 Å². The Morgan fingerprint density at radius 3 is 1.83 bits per heavy atom. The average molecular weight is 174 g/mol. The summed E-state index contributed by atoms with van der Waals surface area (Å²) >= 11 is 0. The molecule has 0 aromatic carbocycles. The van der Waals surface area contributed by atoms with Crippen molar-refractivity contribution in [2.24, 2.45) is 11.8 Å². The Hall–Kier alpha value is -0.0400. The molecule has 0 fully saturated rings. The van der Waals surface area contributed by atoms with Gasteiger partial charge in [0.2, 0.25) is 0 Å². The molecule has 0 aliphatic rings. The first-order chi connectivity index (χ1) is 5.72. The summed E-state index contributed by atoms with van der Waals surface area (Å²) in [5.74, 6) is 1.51. The fraction of sp³-hybridized carbons (Fsp3) is 1.00. The highest BCUT2D eigenvalue weighted by Gasteiger charge is 2.09. The van der Waals surface area contributed by atoms with Gasteiger partial charge in [-0.1, -0.05) is 41.0 Å². The highest BCUT2D eigenvalue weighted by atomic mass is 16.5. The van der Waals surface area contributed by atoms with Crippen molar-refractivity contribution in [1.29, 1.82) is 0 Å². The summed E-state index contributed by atoms with van der Waals surface area (Å²) in [7, 11) is 0. The lowest BCUT2D eigenvalue weighted by atomic mass is 9.94. The van der Waals surface area contributed by atoms with Gasteiger partial charge in [0, 0.05) is 13.2 Å². The van der Waals surface area contributed by atoms with Crippen LogP contribution in [-0.4, -0.2) is 13.2 Å². The van der Waals surface area contributed by atoms with Crippen molar-refractivity contribution in [2.45, 2.75) is 48.0 Å². The molecule has 0 saturated carbocycles. The second-order valence-corrected chi connectivity index (χ2v) is 3.07. The Balaban J connectivity index is 0. The van der Waals surface area contributed by atoms with Crippen molar-refractivity contribution in [3.63, 3.8) is 0 Å². The lowest BCUT2D eigenvalue weighted by Crippen LogP contribution is -2.14. The van der Waals surface area contributed by atoms with Crippen LogP contribution in [0, 0.1) is 11.8 Å². The fourth-order valence-electron chi connectivity index (χ4n) is 1.05. The zero-order valence-electron chi connectivity index (χ0n) is 9.68. The minimum Gasteiger partial charge on any atom is -0.381 e. The molecule has 0 amide bonds. The Morgan fingerprint density at radius 2 is 1.58 bits per heavy atom. The van der Waals surface area contributed by atoms with E-state index in [1.54, 1.807) is 0 Å². The van der Waals surface area contributed by atoms with Crippen LogP contribution < -0.4 is 0 Å². The first-order valence-electron chi connectivity index (χ1n) is 5.30. The average Bonchev–Trinajstić information content (AvgIpc) is 2.09. The number of hydrogen-bond acceptors (Lipinski definition) is 1. The second kappa shape index (κ2) is 11.0. The maximum atomic E-state index is 5.35. The van der Waals surface area contributed by atoms with E-state index in [-0.39, 0.29) is 0 Å². The Morgan fingerprint density at radius 1 is 1.08 bits per heavy atom. The number of rotatable bonds is 5. The SMILES string of the molecule is CC.CCOCC(CC)C(C)C. The van der Waals surface area contributed by atoms with Gasteiger partial charge in [-0.05, 0) is 18.8 Å². The molecule has 0 saturated heterocycles. The minimum absolute atomic E-state index is 0.750. The van der Waals surface area contributed by atoms with Gasteiger partial charge in [0.1, 0.15) is 0 Å². The maximum Gasteiger partial charge on any atom is 0.0496 e. The molecule has 0 heterocycles. The monoisotopic (exact) mass is 174 g/mol. The number of hydrogen-bond donors (Lipinski definition) is 0. The van der Waals surface area contributed by atoms with Gasteiger partial charge in [0.05, 0.1) is 0 Å². The first kappa shape index (κ1) is 14.5. The molecule has 1 atom stereocenters. The van der Waals surface area contributed by atoms with Gasteiger partial charge in [-0.3, -0.25) is 0 Å². The molecule has 0 bridgehead atoms. The highest BCUT2D eigenvalue weighted by molar-refractivity contribution is 4.59. The van der Waals surface area contributed by atoms with E-state index >= 15 is 0 Å². The maximum absolute atomic E-state index is 5.35. The molecule has 0 spiro atoms. The molecule has 0 aromatic rings. The normalized spacial score (nSPS) is 12.2.